The minimum absolute atomic E-state index is 0.323. The largest absolute Gasteiger partial charge is 0.466 e. The Morgan fingerprint density at radius 1 is 1.23 bits per heavy atom. The molecule has 2 aromatic carbocycles. The van der Waals surface area contributed by atoms with E-state index in [0.717, 1.165) is 11.1 Å². The van der Waals surface area contributed by atoms with Crippen molar-refractivity contribution in [3.8, 4) is 5.75 Å². The molecule has 0 bridgehead atoms. The normalized spacial score (nSPS) is 17.5. The third kappa shape index (κ3) is 3.76. The average Bonchev–Trinajstić information content (AvgIpc) is 2.96. The van der Waals surface area contributed by atoms with Gasteiger partial charge in [0.2, 0.25) is 0 Å². The number of amides is 2. The second-order valence-corrected chi connectivity index (χ2v) is 7.88. The number of anilines is 2. The van der Waals surface area contributed by atoms with E-state index in [0.29, 0.717) is 35.1 Å². The molecule has 1 unspecified atom stereocenters. The molecule has 1 aromatic heterocycles. The van der Waals surface area contributed by atoms with Gasteiger partial charge in [-0.1, -0.05) is 18.2 Å². The van der Waals surface area contributed by atoms with Crippen LogP contribution < -0.4 is 15.4 Å². The van der Waals surface area contributed by atoms with Gasteiger partial charge < -0.3 is 15.4 Å². The van der Waals surface area contributed by atoms with E-state index < -0.39 is 17.4 Å². The van der Waals surface area contributed by atoms with Crippen molar-refractivity contribution in [1.29, 1.82) is 0 Å². The van der Waals surface area contributed by atoms with Gasteiger partial charge in [-0.2, -0.15) is 5.10 Å². The molecule has 4 rings (SSSR count). The first kappa shape index (κ1) is 20.6. The number of benzene rings is 2. The number of ether oxygens (including phenoxy) is 1. The van der Waals surface area contributed by atoms with Crippen molar-refractivity contribution < 1.29 is 18.7 Å². The molecule has 2 amide bonds. The summed E-state index contributed by atoms with van der Waals surface area (Å²) < 4.78 is 21.0. The lowest BCUT2D eigenvalue weighted by Crippen LogP contribution is -2.56. The van der Waals surface area contributed by atoms with Crippen LogP contribution in [-0.2, 0) is 16.1 Å². The first-order valence-electron chi connectivity index (χ1n) is 9.88. The van der Waals surface area contributed by atoms with Gasteiger partial charge in [0.25, 0.3) is 17.4 Å². The summed E-state index contributed by atoms with van der Waals surface area (Å²) in [5.41, 5.74) is 2.26. The molecule has 2 heterocycles. The van der Waals surface area contributed by atoms with E-state index in [1.807, 2.05) is 13.0 Å². The lowest BCUT2D eigenvalue weighted by molar-refractivity contribution is -0.143. The number of nitrogens with zero attached hydrogens (tertiary/aromatic N) is 2. The Morgan fingerprint density at radius 3 is 2.74 bits per heavy atom. The Morgan fingerprint density at radius 2 is 2.00 bits per heavy atom. The van der Waals surface area contributed by atoms with Crippen LogP contribution in [0.15, 0.2) is 42.5 Å². The van der Waals surface area contributed by atoms with E-state index in [-0.39, 0.29) is 5.82 Å². The number of halogens is 1. The van der Waals surface area contributed by atoms with Crippen molar-refractivity contribution in [3.05, 3.63) is 70.8 Å². The highest BCUT2D eigenvalue weighted by Crippen LogP contribution is 2.35. The zero-order valence-corrected chi connectivity index (χ0v) is 17.7. The maximum atomic E-state index is 13.5. The van der Waals surface area contributed by atoms with Crippen LogP contribution in [0, 0.1) is 26.6 Å². The summed E-state index contributed by atoms with van der Waals surface area (Å²) in [5, 5.41) is 10.0. The number of rotatable bonds is 4. The van der Waals surface area contributed by atoms with E-state index in [4.69, 9.17) is 4.74 Å². The van der Waals surface area contributed by atoms with Crippen LogP contribution >= 0.6 is 0 Å². The van der Waals surface area contributed by atoms with Crippen LogP contribution in [0.4, 0.5) is 15.8 Å². The number of aryl methyl sites for hydroxylation is 2. The van der Waals surface area contributed by atoms with Gasteiger partial charge in [-0.3, -0.25) is 14.3 Å². The fourth-order valence-electron chi connectivity index (χ4n) is 3.56. The van der Waals surface area contributed by atoms with Gasteiger partial charge in [0, 0.05) is 0 Å². The highest BCUT2D eigenvalue weighted by molar-refractivity contribution is 6.19. The van der Waals surface area contributed by atoms with Crippen LogP contribution in [0.5, 0.6) is 5.75 Å². The molecule has 8 heteroatoms. The van der Waals surface area contributed by atoms with E-state index in [1.165, 1.54) is 19.1 Å². The second kappa shape index (κ2) is 7.54. The minimum Gasteiger partial charge on any atom is -0.466 e. The summed E-state index contributed by atoms with van der Waals surface area (Å²) >= 11 is 0. The maximum Gasteiger partial charge on any atom is 0.278 e. The first-order valence-corrected chi connectivity index (χ1v) is 9.88. The third-order valence-electron chi connectivity index (χ3n) is 5.41. The summed E-state index contributed by atoms with van der Waals surface area (Å²) in [5.74, 6) is -1.05. The number of carbonyl (C=O) groups excluding carboxylic acids is 2. The zero-order valence-electron chi connectivity index (χ0n) is 17.7. The molecule has 31 heavy (non-hydrogen) atoms. The van der Waals surface area contributed by atoms with Crippen LogP contribution in [0.2, 0.25) is 0 Å². The SMILES string of the molecule is Cc1ccc2c(c1)NC(=O)C(C)(C(=O)Nc1c(C)nn(Cc3cccc(F)c3)c1C)O2. The van der Waals surface area contributed by atoms with Crippen molar-refractivity contribution in [2.45, 2.75) is 39.8 Å². The fraction of sp³-hybridized carbons (Fsp3) is 0.261. The van der Waals surface area contributed by atoms with E-state index in [1.54, 1.807) is 42.8 Å². The number of aromatic nitrogens is 2. The second-order valence-electron chi connectivity index (χ2n) is 7.88. The number of carbonyl (C=O) groups is 2. The maximum absolute atomic E-state index is 13.5. The quantitative estimate of drug-likeness (QED) is 0.628. The van der Waals surface area contributed by atoms with Crippen LogP contribution in [0.1, 0.15) is 29.4 Å². The third-order valence-corrected chi connectivity index (χ3v) is 5.41. The number of fused-ring (bicyclic) bond motifs is 1. The predicted octanol–water partition coefficient (Wildman–Crippen LogP) is 3.72. The lowest BCUT2D eigenvalue weighted by Gasteiger charge is -2.33. The molecule has 160 valence electrons. The van der Waals surface area contributed by atoms with Crippen molar-refractivity contribution in [1.82, 2.24) is 9.78 Å². The number of hydrogen-bond donors (Lipinski definition) is 2. The van der Waals surface area contributed by atoms with Gasteiger partial charge in [0.15, 0.2) is 0 Å². The van der Waals surface area contributed by atoms with Gasteiger partial charge in [-0.05, 0) is 63.1 Å². The first-order chi connectivity index (χ1) is 14.7. The van der Waals surface area contributed by atoms with Crippen molar-refractivity contribution in [3.63, 3.8) is 0 Å². The summed E-state index contributed by atoms with van der Waals surface area (Å²) in [6, 6.07) is 11.6. The molecule has 1 aliphatic rings. The Balaban J connectivity index is 1.58. The fourth-order valence-corrected chi connectivity index (χ4v) is 3.56. The predicted molar refractivity (Wildman–Crippen MR) is 115 cm³/mol. The zero-order chi connectivity index (χ0) is 22.3. The molecule has 1 aliphatic heterocycles. The molecule has 7 nitrogen and oxygen atoms in total. The molecule has 0 spiro atoms. The van der Waals surface area contributed by atoms with Crippen molar-refractivity contribution in [2.24, 2.45) is 0 Å². The molecular weight excluding hydrogens is 399 g/mol. The van der Waals surface area contributed by atoms with E-state index in [9.17, 15) is 14.0 Å². The molecule has 0 radical (unpaired) electrons. The summed E-state index contributed by atoms with van der Waals surface area (Å²) in [7, 11) is 0. The molecule has 0 saturated heterocycles. The van der Waals surface area contributed by atoms with Gasteiger partial charge >= 0.3 is 0 Å². The highest BCUT2D eigenvalue weighted by atomic mass is 19.1. The Kier molecular flexibility index (Phi) is 5.00. The van der Waals surface area contributed by atoms with E-state index >= 15 is 0 Å². The van der Waals surface area contributed by atoms with Gasteiger partial charge in [0.1, 0.15) is 11.6 Å². The van der Waals surface area contributed by atoms with Crippen LogP contribution in [0.3, 0.4) is 0 Å². The molecule has 0 aliphatic carbocycles. The summed E-state index contributed by atoms with van der Waals surface area (Å²) in [6.07, 6.45) is 0. The highest BCUT2D eigenvalue weighted by Gasteiger charge is 2.47. The Labute approximate surface area is 179 Å². The van der Waals surface area contributed by atoms with Crippen LogP contribution in [0.25, 0.3) is 0 Å². The molecule has 1 atom stereocenters. The summed E-state index contributed by atoms with van der Waals surface area (Å²) in [6.45, 7) is 7.24. The van der Waals surface area contributed by atoms with Crippen LogP contribution in [-0.4, -0.2) is 27.2 Å². The standard InChI is InChI=1S/C23H23FN4O3/c1-13-8-9-19-18(10-13)25-21(29)23(4,31-19)22(30)26-20-14(2)27-28(15(20)3)12-16-6-5-7-17(24)11-16/h5-11H,12H2,1-4H3,(H,25,29)(H,26,30). The van der Waals surface area contributed by atoms with Crippen molar-refractivity contribution >= 4 is 23.2 Å². The topological polar surface area (TPSA) is 85.3 Å². The molecule has 0 saturated carbocycles. The van der Waals surface area contributed by atoms with E-state index in [2.05, 4.69) is 15.7 Å². The average molecular weight is 422 g/mol. The smallest absolute Gasteiger partial charge is 0.278 e. The van der Waals surface area contributed by atoms with Gasteiger partial charge in [-0.25, -0.2) is 4.39 Å². The molecule has 0 fully saturated rings. The Bertz CT molecular complexity index is 1200. The lowest BCUT2D eigenvalue weighted by atomic mass is 10.0. The summed E-state index contributed by atoms with van der Waals surface area (Å²) in [4.78, 5) is 25.8. The number of hydrogen-bond acceptors (Lipinski definition) is 4. The molecule has 2 N–H and O–H groups in total. The minimum atomic E-state index is -1.74. The number of nitrogens with one attached hydrogen (secondary N) is 2. The van der Waals surface area contributed by atoms with Crippen molar-refractivity contribution in [2.75, 3.05) is 10.6 Å². The van der Waals surface area contributed by atoms with Gasteiger partial charge in [0.05, 0.1) is 29.3 Å². The molecule has 3 aromatic rings. The molecular formula is C23H23FN4O3. The van der Waals surface area contributed by atoms with Gasteiger partial charge in [-0.15, -0.1) is 0 Å². The Hall–Kier alpha value is -3.68. The monoisotopic (exact) mass is 422 g/mol.